The van der Waals surface area contributed by atoms with Crippen molar-refractivity contribution in [1.29, 1.82) is 0 Å². The van der Waals surface area contributed by atoms with E-state index in [-0.39, 0.29) is 10.3 Å². The van der Waals surface area contributed by atoms with Crippen LogP contribution in [0.1, 0.15) is 26.3 Å². The summed E-state index contributed by atoms with van der Waals surface area (Å²) in [4.78, 5) is 25.5. The molecule has 0 aliphatic carbocycles. The molecule has 2 aromatic carbocycles. The molecule has 0 fully saturated rings. The number of carbonyl (C=O) groups is 2. The van der Waals surface area contributed by atoms with Crippen LogP contribution in [-0.4, -0.2) is 10.1 Å². The van der Waals surface area contributed by atoms with Crippen LogP contribution >= 0.6 is 0 Å². The summed E-state index contributed by atoms with van der Waals surface area (Å²) in [5.41, 5.74) is 10.1. The summed E-state index contributed by atoms with van der Waals surface area (Å²) in [5, 5.41) is 3.48. The molecule has 22 heavy (non-hydrogen) atoms. The van der Waals surface area contributed by atoms with Gasteiger partial charge in [0, 0.05) is 0 Å². The average molecular weight is 408 g/mol. The minimum absolute atomic E-state index is 0.0476. The zero-order valence-corrected chi connectivity index (χ0v) is 13.5. The van der Waals surface area contributed by atoms with Gasteiger partial charge in [-0.05, 0) is 0 Å². The fraction of sp³-hybridized carbons (Fsp3) is 0.0667. The molecule has 2 aromatic rings. The molecule has 0 saturated carbocycles. The van der Waals surface area contributed by atoms with Gasteiger partial charge in [0.25, 0.3) is 0 Å². The van der Waals surface area contributed by atoms with Gasteiger partial charge < -0.3 is 0 Å². The van der Waals surface area contributed by atoms with Crippen LogP contribution in [0.25, 0.3) is 10.4 Å². The van der Waals surface area contributed by atoms with E-state index in [4.69, 9.17) is 8.60 Å². The molecule has 0 radical (unpaired) electrons. The fourth-order valence-corrected chi connectivity index (χ4v) is 3.15. The normalized spacial score (nSPS) is 9.82. The van der Waals surface area contributed by atoms with Gasteiger partial charge in [-0.1, -0.05) is 0 Å². The van der Waals surface area contributed by atoms with Crippen LogP contribution < -0.4 is 24.7 Å². The van der Waals surface area contributed by atoms with Gasteiger partial charge in [0.15, 0.2) is 0 Å². The molecule has 7 heteroatoms. The van der Waals surface area contributed by atoms with Gasteiger partial charge in [-0.3, -0.25) is 0 Å². The van der Waals surface area contributed by atoms with Gasteiger partial charge >= 0.3 is 137 Å². The number of nitrogens with zero attached hydrogens (tertiary/aromatic N) is 3. The Labute approximate surface area is 137 Å². The number of hydrogen-bond donors (Lipinski definition) is 0. The summed E-state index contributed by atoms with van der Waals surface area (Å²) in [6, 6.07) is 13.7. The van der Waals surface area contributed by atoms with Crippen molar-refractivity contribution in [3.8, 4) is 5.75 Å². The Hall–Kier alpha value is -2.38. The van der Waals surface area contributed by atoms with Crippen LogP contribution in [0.5, 0.6) is 5.75 Å². The molecule has 0 amide bonds. The minimum atomic E-state index is -1.20. The van der Waals surface area contributed by atoms with E-state index in [1.165, 1.54) is 0 Å². The van der Waals surface area contributed by atoms with Crippen molar-refractivity contribution in [1.82, 2.24) is 0 Å². The molecule has 0 unspecified atom stereocenters. The molecule has 0 heterocycles. The maximum atomic E-state index is 12.1. The van der Waals surface area contributed by atoms with Gasteiger partial charge in [-0.25, -0.2) is 0 Å². The van der Waals surface area contributed by atoms with Gasteiger partial charge in [-0.2, -0.15) is 0 Å². The van der Waals surface area contributed by atoms with E-state index in [1.807, 2.05) is 6.07 Å². The monoisotopic (exact) mass is 408 g/mol. The van der Waals surface area contributed by atoms with Crippen molar-refractivity contribution in [2.45, 2.75) is 6.54 Å². The van der Waals surface area contributed by atoms with Crippen LogP contribution in [0, 0.1) is 0 Å². The molecule has 0 saturated heterocycles. The van der Waals surface area contributed by atoms with Crippen LogP contribution in [0.15, 0.2) is 53.6 Å². The van der Waals surface area contributed by atoms with Gasteiger partial charge in [-0.15, -0.1) is 0 Å². The number of benzene rings is 2. The Morgan fingerprint density at radius 3 is 2.73 bits per heavy atom. The predicted octanol–water partition coefficient (Wildman–Crippen LogP) is 0.533. The van der Waals surface area contributed by atoms with Crippen molar-refractivity contribution in [2.75, 3.05) is 0 Å². The molecular weight excluding hydrogens is 397 g/mol. The van der Waals surface area contributed by atoms with Crippen LogP contribution in [0.4, 0.5) is 0 Å². The third-order valence-corrected chi connectivity index (χ3v) is 4.43. The standard InChI is InChI=1S/C15H11IN3O3/c17-19-18-9-13-8-11(10-20)6-7-14(13)22-16-15(21)12-4-2-1-3-5-12/h1-8,10H,9H2/q-1. The number of carbonyl (C=O) groups excluding carboxylic acids is 2. The number of rotatable bonds is 7. The molecule has 0 N–H and O–H groups in total. The first-order valence-corrected chi connectivity index (χ1v) is 8.20. The third kappa shape index (κ3) is 4.31. The number of azide groups is 1. The zero-order chi connectivity index (χ0) is 15.8. The second-order valence-corrected chi connectivity index (χ2v) is 6.03. The molecule has 0 aromatic heterocycles. The van der Waals surface area contributed by atoms with E-state index in [2.05, 4.69) is 10.0 Å². The summed E-state index contributed by atoms with van der Waals surface area (Å²) in [6.07, 6.45) is 0.702. The molecule has 2 rings (SSSR count). The van der Waals surface area contributed by atoms with E-state index in [0.29, 0.717) is 28.7 Å². The molecule has 0 aliphatic heterocycles. The first-order valence-electron chi connectivity index (χ1n) is 6.24. The second-order valence-electron chi connectivity index (χ2n) is 4.17. The van der Waals surface area contributed by atoms with Crippen molar-refractivity contribution < 1.29 is 34.3 Å². The van der Waals surface area contributed by atoms with E-state index < -0.39 is 21.6 Å². The number of hydrogen-bond acceptors (Lipinski definition) is 4. The Kier molecular flexibility index (Phi) is 5.93. The Bertz CT molecular complexity index is 728. The van der Waals surface area contributed by atoms with Crippen LogP contribution in [-0.2, 0) is 6.54 Å². The Morgan fingerprint density at radius 2 is 2.05 bits per heavy atom. The van der Waals surface area contributed by atoms with E-state index in [1.54, 1.807) is 42.5 Å². The number of halogens is 1. The molecule has 0 atom stereocenters. The topological polar surface area (TPSA) is 92.1 Å². The zero-order valence-electron chi connectivity index (χ0n) is 11.3. The summed E-state index contributed by atoms with van der Waals surface area (Å²) >= 11 is -1.20. The van der Waals surface area contributed by atoms with E-state index in [9.17, 15) is 9.59 Å². The molecular formula is C15H11IN3O3-. The van der Waals surface area contributed by atoms with Crippen LogP contribution in [0.3, 0.4) is 0 Å². The molecule has 0 spiro atoms. The Morgan fingerprint density at radius 1 is 1.27 bits per heavy atom. The molecule has 0 aliphatic rings. The van der Waals surface area contributed by atoms with Crippen molar-refractivity contribution >= 4 is 10.1 Å². The predicted molar refractivity (Wildman–Crippen MR) is 76.1 cm³/mol. The Balaban J connectivity index is 2.13. The summed E-state index contributed by atoms with van der Waals surface area (Å²) in [7, 11) is 0. The van der Waals surface area contributed by atoms with Gasteiger partial charge in [0.1, 0.15) is 0 Å². The third-order valence-electron chi connectivity index (χ3n) is 2.72. The first-order chi connectivity index (χ1) is 10.7. The van der Waals surface area contributed by atoms with Crippen LogP contribution in [0.2, 0.25) is 0 Å². The summed E-state index contributed by atoms with van der Waals surface area (Å²) in [5.74, 6) is 0.468. The molecule has 6 nitrogen and oxygen atoms in total. The quantitative estimate of drug-likeness (QED) is 0.167. The average Bonchev–Trinajstić information content (AvgIpc) is 2.58. The van der Waals surface area contributed by atoms with Gasteiger partial charge in [0.05, 0.1) is 0 Å². The SMILES string of the molecule is [N-]=[N+]=NCc1cc(C=O)ccc1O[I-]C(=O)c1ccccc1. The van der Waals surface area contributed by atoms with Crippen molar-refractivity contribution in [3.05, 3.63) is 75.7 Å². The maximum absolute atomic E-state index is 12.1. The van der Waals surface area contributed by atoms with Gasteiger partial charge in [0.2, 0.25) is 0 Å². The van der Waals surface area contributed by atoms with Crippen molar-refractivity contribution in [2.24, 2.45) is 5.11 Å². The van der Waals surface area contributed by atoms with E-state index in [0.717, 1.165) is 0 Å². The number of aldehydes is 1. The molecule has 112 valence electrons. The summed E-state index contributed by atoms with van der Waals surface area (Å²) < 4.78 is 5.56. The fourth-order valence-electron chi connectivity index (χ4n) is 1.67. The second kappa shape index (κ2) is 8.16. The summed E-state index contributed by atoms with van der Waals surface area (Å²) in [6.45, 7) is 0.0663. The van der Waals surface area contributed by atoms with E-state index >= 15 is 0 Å². The first kappa shape index (κ1) is 16.0. The molecule has 0 bridgehead atoms. The van der Waals surface area contributed by atoms with Crippen molar-refractivity contribution in [3.63, 3.8) is 0 Å².